The van der Waals surface area contributed by atoms with Crippen molar-refractivity contribution in [3.63, 3.8) is 0 Å². The molecule has 1 aliphatic rings. The van der Waals surface area contributed by atoms with Crippen molar-refractivity contribution in [3.8, 4) is 17.2 Å². The Labute approximate surface area is 212 Å². The van der Waals surface area contributed by atoms with Crippen molar-refractivity contribution in [1.82, 2.24) is 0 Å². The fraction of sp³-hybridized carbons (Fsp3) is 0.467. The first-order valence-corrected chi connectivity index (χ1v) is 16.5. The van der Waals surface area contributed by atoms with Gasteiger partial charge in [0.15, 0.2) is 0 Å². The van der Waals surface area contributed by atoms with Crippen LogP contribution in [0.1, 0.15) is 90.1 Å². The van der Waals surface area contributed by atoms with Crippen molar-refractivity contribution in [2.45, 2.75) is 84.4 Å². The second kappa shape index (κ2) is 12.2. The summed E-state index contributed by atoms with van der Waals surface area (Å²) in [6.45, 7) is 8.75. The van der Waals surface area contributed by atoms with E-state index in [1.165, 1.54) is 68.9 Å². The number of amides is 2. The van der Waals surface area contributed by atoms with Gasteiger partial charge in [-0.1, -0.05) is 89.6 Å². The molecule has 5 heteroatoms. The third-order valence-electron chi connectivity index (χ3n) is 6.27. The first-order valence-electron chi connectivity index (χ1n) is 13.0. The van der Waals surface area contributed by atoms with Crippen LogP contribution in [0.25, 0.3) is 0 Å². The van der Waals surface area contributed by atoms with Crippen LogP contribution in [-0.4, -0.2) is 27.0 Å². The lowest BCUT2D eigenvalue weighted by atomic mass is 10.0. The molecule has 3 rings (SSSR count). The van der Waals surface area contributed by atoms with Crippen LogP contribution >= 0.6 is 0 Å². The summed E-state index contributed by atoms with van der Waals surface area (Å²) in [6, 6.07) is 11.3. The standard InChI is InChI=1S/C30H39NO3Si/c1-6-7-8-9-10-11-12-13-14-23-15-17-25(18-16-23)31-29(32)26-21-24(19-20-35(3,4)5)22-27(34-2)28(26)30(31)33/h15-18,21-22H,6-14H2,1-5H3. The molecule has 0 bridgehead atoms. The molecule has 0 unspecified atom stereocenters. The molecule has 4 nitrogen and oxygen atoms in total. The van der Waals surface area contributed by atoms with Crippen LogP contribution in [0.4, 0.5) is 5.69 Å². The molecule has 35 heavy (non-hydrogen) atoms. The summed E-state index contributed by atoms with van der Waals surface area (Å²) < 4.78 is 5.49. The molecule has 2 aromatic carbocycles. The first kappa shape index (κ1) is 26.8. The summed E-state index contributed by atoms with van der Waals surface area (Å²) in [6.07, 6.45) is 11.4. The van der Waals surface area contributed by atoms with Crippen molar-refractivity contribution >= 4 is 25.6 Å². The average Bonchev–Trinajstić information content (AvgIpc) is 3.08. The van der Waals surface area contributed by atoms with E-state index in [1.54, 1.807) is 12.1 Å². The smallest absolute Gasteiger partial charge is 0.269 e. The predicted octanol–water partition coefficient (Wildman–Crippen LogP) is 7.41. The predicted molar refractivity (Wildman–Crippen MR) is 147 cm³/mol. The Bertz CT molecular complexity index is 1100. The highest BCUT2D eigenvalue weighted by Crippen LogP contribution is 2.35. The van der Waals surface area contributed by atoms with Crippen LogP contribution < -0.4 is 9.64 Å². The van der Waals surface area contributed by atoms with E-state index in [9.17, 15) is 9.59 Å². The molecule has 0 aromatic heterocycles. The fourth-order valence-electron chi connectivity index (χ4n) is 4.33. The number of rotatable bonds is 11. The van der Waals surface area contributed by atoms with Crippen LogP contribution in [0.5, 0.6) is 5.75 Å². The molecule has 0 saturated heterocycles. The molecule has 1 aliphatic heterocycles. The number of hydrogen-bond donors (Lipinski definition) is 0. The number of ether oxygens (including phenoxy) is 1. The van der Waals surface area contributed by atoms with Crippen LogP contribution in [0.3, 0.4) is 0 Å². The van der Waals surface area contributed by atoms with E-state index in [0.29, 0.717) is 28.1 Å². The number of benzene rings is 2. The lowest BCUT2D eigenvalue weighted by molar-refractivity contribution is 0.0925. The number of unbranched alkanes of at least 4 members (excludes halogenated alkanes) is 7. The van der Waals surface area contributed by atoms with Crippen molar-refractivity contribution in [1.29, 1.82) is 0 Å². The van der Waals surface area contributed by atoms with Gasteiger partial charge in [-0.15, -0.1) is 5.54 Å². The Balaban J connectivity index is 1.67. The molecule has 0 fully saturated rings. The van der Waals surface area contributed by atoms with Gasteiger partial charge in [0.2, 0.25) is 0 Å². The van der Waals surface area contributed by atoms with E-state index >= 15 is 0 Å². The zero-order valence-electron chi connectivity index (χ0n) is 22.0. The number of methoxy groups -OCH3 is 1. The monoisotopic (exact) mass is 489 g/mol. The molecule has 2 aromatic rings. The van der Waals surface area contributed by atoms with Crippen molar-refractivity contribution in [3.05, 3.63) is 58.7 Å². The number of aryl methyl sites for hydroxylation is 1. The minimum Gasteiger partial charge on any atom is -0.496 e. The molecule has 0 atom stereocenters. The summed E-state index contributed by atoms with van der Waals surface area (Å²) >= 11 is 0. The Kier molecular flexibility index (Phi) is 9.34. The Morgan fingerprint density at radius 1 is 0.857 bits per heavy atom. The van der Waals surface area contributed by atoms with E-state index in [0.717, 1.165) is 6.42 Å². The van der Waals surface area contributed by atoms with Crippen molar-refractivity contribution in [2.75, 3.05) is 12.0 Å². The van der Waals surface area contributed by atoms with Gasteiger partial charge in [-0.2, -0.15) is 0 Å². The summed E-state index contributed by atoms with van der Waals surface area (Å²) in [4.78, 5) is 27.8. The number of imide groups is 1. The van der Waals surface area contributed by atoms with Gasteiger partial charge >= 0.3 is 0 Å². The maximum atomic E-state index is 13.3. The number of hydrogen-bond acceptors (Lipinski definition) is 3. The van der Waals surface area contributed by atoms with Crippen LogP contribution in [0, 0.1) is 11.5 Å². The summed E-state index contributed by atoms with van der Waals surface area (Å²) in [5, 5.41) is 0. The Morgan fingerprint density at radius 2 is 1.49 bits per heavy atom. The molecule has 0 spiro atoms. The third kappa shape index (κ3) is 7.08. The zero-order valence-corrected chi connectivity index (χ0v) is 23.0. The summed E-state index contributed by atoms with van der Waals surface area (Å²) in [7, 11) is -0.0617. The average molecular weight is 490 g/mol. The quantitative estimate of drug-likeness (QED) is 0.143. The number of carbonyl (C=O) groups is 2. The number of carbonyl (C=O) groups excluding carboxylic acids is 2. The number of fused-ring (bicyclic) bond motifs is 1. The summed E-state index contributed by atoms with van der Waals surface area (Å²) in [5.41, 5.74) is 6.52. The maximum Gasteiger partial charge on any atom is 0.269 e. The lowest BCUT2D eigenvalue weighted by Crippen LogP contribution is -2.29. The number of anilines is 1. The first-order chi connectivity index (χ1) is 16.7. The van der Waals surface area contributed by atoms with Crippen LogP contribution in [0.15, 0.2) is 36.4 Å². The lowest BCUT2D eigenvalue weighted by Gasteiger charge is -2.14. The molecule has 0 aliphatic carbocycles. The van der Waals surface area contributed by atoms with Gasteiger partial charge in [0.25, 0.3) is 11.8 Å². The molecule has 0 radical (unpaired) electrons. The van der Waals surface area contributed by atoms with E-state index in [1.807, 2.05) is 24.3 Å². The van der Waals surface area contributed by atoms with Crippen LogP contribution in [-0.2, 0) is 6.42 Å². The SMILES string of the molecule is CCCCCCCCCCc1ccc(N2C(=O)c3cc(C#C[Si](C)(C)C)cc(OC)c3C2=O)cc1. The second-order valence-electron chi connectivity index (χ2n) is 10.4. The van der Waals surface area contributed by atoms with Gasteiger partial charge in [0.1, 0.15) is 13.8 Å². The summed E-state index contributed by atoms with van der Waals surface area (Å²) in [5.74, 6) is 2.91. The molecule has 0 N–H and O–H groups in total. The minimum absolute atomic E-state index is 0.319. The van der Waals surface area contributed by atoms with Crippen LogP contribution in [0.2, 0.25) is 19.6 Å². The minimum atomic E-state index is -1.58. The molecule has 0 saturated carbocycles. The molecule has 186 valence electrons. The highest BCUT2D eigenvalue weighted by atomic mass is 28.3. The van der Waals surface area contributed by atoms with E-state index < -0.39 is 8.07 Å². The molecular formula is C30H39NO3Si. The zero-order chi connectivity index (χ0) is 25.4. The second-order valence-corrected chi connectivity index (χ2v) is 15.2. The van der Waals surface area contributed by atoms with E-state index in [2.05, 4.69) is 38.0 Å². The third-order valence-corrected chi connectivity index (χ3v) is 7.14. The molecule has 1 heterocycles. The van der Waals surface area contributed by atoms with Crippen molar-refractivity contribution < 1.29 is 14.3 Å². The van der Waals surface area contributed by atoms with Gasteiger partial charge in [0.05, 0.1) is 23.9 Å². The van der Waals surface area contributed by atoms with Gasteiger partial charge in [-0.05, 0) is 42.7 Å². The van der Waals surface area contributed by atoms with Gasteiger partial charge < -0.3 is 4.74 Å². The van der Waals surface area contributed by atoms with Crippen molar-refractivity contribution in [2.24, 2.45) is 0 Å². The fourth-order valence-corrected chi connectivity index (χ4v) is 4.85. The largest absolute Gasteiger partial charge is 0.496 e. The molecular weight excluding hydrogens is 450 g/mol. The topological polar surface area (TPSA) is 46.6 Å². The normalized spacial score (nSPS) is 13.0. The molecule has 2 amide bonds. The highest BCUT2D eigenvalue weighted by Gasteiger charge is 2.39. The van der Waals surface area contributed by atoms with E-state index in [-0.39, 0.29) is 11.8 Å². The Morgan fingerprint density at radius 3 is 2.09 bits per heavy atom. The van der Waals surface area contributed by atoms with Gasteiger partial charge in [-0.3, -0.25) is 9.59 Å². The Hall–Kier alpha value is -2.84. The highest BCUT2D eigenvalue weighted by molar-refractivity contribution is 6.83. The van der Waals surface area contributed by atoms with Gasteiger partial charge in [-0.25, -0.2) is 4.90 Å². The maximum absolute atomic E-state index is 13.3. The van der Waals surface area contributed by atoms with E-state index in [4.69, 9.17) is 4.74 Å². The number of nitrogens with zero attached hydrogens (tertiary/aromatic N) is 1. The van der Waals surface area contributed by atoms with Gasteiger partial charge in [0, 0.05) is 5.56 Å².